The van der Waals surface area contributed by atoms with Crippen LogP contribution in [-0.2, 0) is 10.0 Å². The summed E-state index contributed by atoms with van der Waals surface area (Å²) in [5.74, 6) is 0.548. The molecule has 0 radical (unpaired) electrons. The largest absolute Gasteiger partial charge is 0.316 e. The van der Waals surface area contributed by atoms with Crippen molar-refractivity contribution in [3.8, 4) is 0 Å². The molecule has 0 saturated carbocycles. The van der Waals surface area contributed by atoms with E-state index in [2.05, 4.69) is 26.0 Å². The van der Waals surface area contributed by atoms with E-state index in [1.54, 1.807) is 12.1 Å². The Labute approximate surface area is 145 Å². The zero-order valence-corrected chi connectivity index (χ0v) is 15.4. The molecule has 2 N–H and O–H groups in total. The highest BCUT2D eigenvalue weighted by molar-refractivity contribution is 9.10. The second-order valence-corrected chi connectivity index (χ2v) is 8.03. The highest BCUT2D eigenvalue weighted by atomic mass is 79.9. The fourth-order valence-electron chi connectivity index (χ4n) is 2.34. The molecule has 0 aromatic heterocycles. The van der Waals surface area contributed by atoms with E-state index in [4.69, 9.17) is 11.6 Å². The fourth-order valence-corrected chi connectivity index (χ4v) is 4.42. The van der Waals surface area contributed by atoms with Gasteiger partial charge in [-0.3, -0.25) is 0 Å². The molecule has 1 atom stereocenters. The van der Waals surface area contributed by atoms with Gasteiger partial charge in [-0.05, 0) is 56.5 Å². The van der Waals surface area contributed by atoms with Gasteiger partial charge in [0.05, 0.1) is 5.02 Å². The number of rotatable bonds is 5. The molecule has 1 aliphatic heterocycles. The van der Waals surface area contributed by atoms with E-state index < -0.39 is 10.0 Å². The third-order valence-corrected chi connectivity index (χ3v) is 5.86. The lowest BCUT2D eigenvalue weighted by molar-refractivity contribution is 0.358. The normalized spacial score (nSPS) is 19.0. The molecule has 1 aliphatic rings. The molecule has 0 amide bonds. The summed E-state index contributed by atoms with van der Waals surface area (Å²) in [7, 11) is -3.53. The van der Waals surface area contributed by atoms with Crippen LogP contribution in [0, 0.1) is 5.92 Å². The number of hydrogen-bond acceptors (Lipinski definition) is 3. The number of piperidine rings is 1. The lowest BCUT2D eigenvalue weighted by Gasteiger charge is -2.22. The molecule has 120 valence electrons. The van der Waals surface area contributed by atoms with Crippen molar-refractivity contribution in [1.82, 2.24) is 10.0 Å². The maximum absolute atomic E-state index is 12.2. The van der Waals surface area contributed by atoms with E-state index >= 15 is 0 Å². The second kappa shape index (κ2) is 8.70. The summed E-state index contributed by atoms with van der Waals surface area (Å²) < 4.78 is 27.7. The summed E-state index contributed by atoms with van der Waals surface area (Å²) in [5.41, 5.74) is 0. The first-order valence-electron chi connectivity index (χ1n) is 6.64. The number of benzene rings is 1. The molecule has 0 bridgehead atoms. The molecule has 2 rings (SSSR count). The van der Waals surface area contributed by atoms with E-state index in [1.165, 1.54) is 6.07 Å². The van der Waals surface area contributed by atoms with Crippen LogP contribution in [-0.4, -0.2) is 28.1 Å². The molecule has 1 unspecified atom stereocenters. The minimum atomic E-state index is -3.53. The van der Waals surface area contributed by atoms with Crippen LogP contribution >= 0.6 is 39.9 Å². The molecule has 1 saturated heterocycles. The predicted octanol–water partition coefficient (Wildman–Crippen LogP) is 3.19. The van der Waals surface area contributed by atoms with E-state index in [-0.39, 0.29) is 22.3 Å². The van der Waals surface area contributed by atoms with Crippen LogP contribution in [0.25, 0.3) is 0 Å². The van der Waals surface area contributed by atoms with E-state index in [1.807, 2.05) is 0 Å². The summed E-state index contributed by atoms with van der Waals surface area (Å²) in [6, 6.07) is 4.77. The quantitative estimate of drug-likeness (QED) is 0.773. The van der Waals surface area contributed by atoms with Gasteiger partial charge in [-0.15, -0.1) is 12.4 Å². The molecule has 4 nitrogen and oxygen atoms in total. The summed E-state index contributed by atoms with van der Waals surface area (Å²) in [6.07, 6.45) is 3.17. The molecule has 1 aromatic rings. The Kier molecular flexibility index (Phi) is 7.95. The predicted molar refractivity (Wildman–Crippen MR) is 91.8 cm³/mol. The van der Waals surface area contributed by atoms with Crippen molar-refractivity contribution in [2.75, 3.05) is 19.6 Å². The van der Waals surface area contributed by atoms with Crippen molar-refractivity contribution in [3.63, 3.8) is 0 Å². The highest BCUT2D eigenvalue weighted by Crippen LogP contribution is 2.25. The van der Waals surface area contributed by atoms with Gasteiger partial charge in [0.2, 0.25) is 10.0 Å². The Balaban J connectivity index is 0.00000220. The zero-order valence-electron chi connectivity index (χ0n) is 11.4. The van der Waals surface area contributed by atoms with Gasteiger partial charge in [0.25, 0.3) is 0 Å². The lowest BCUT2D eigenvalue weighted by Crippen LogP contribution is -2.33. The maximum atomic E-state index is 12.2. The average molecular weight is 418 g/mol. The first-order valence-corrected chi connectivity index (χ1v) is 9.30. The molecule has 0 spiro atoms. The van der Waals surface area contributed by atoms with Crippen LogP contribution in [0.2, 0.25) is 5.02 Å². The van der Waals surface area contributed by atoms with Gasteiger partial charge in [0.15, 0.2) is 0 Å². The Morgan fingerprint density at radius 1 is 1.43 bits per heavy atom. The van der Waals surface area contributed by atoms with Crippen molar-refractivity contribution in [2.45, 2.75) is 24.2 Å². The minimum Gasteiger partial charge on any atom is -0.316 e. The van der Waals surface area contributed by atoms with Crippen LogP contribution in [0.15, 0.2) is 27.6 Å². The van der Waals surface area contributed by atoms with Crippen molar-refractivity contribution >= 4 is 50.0 Å². The average Bonchev–Trinajstić information content (AvgIpc) is 2.39. The molecule has 1 fully saturated rings. The van der Waals surface area contributed by atoms with Crippen molar-refractivity contribution in [2.24, 2.45) is 5.92 Å². The van der Waals surface area contributed by atoms with E-state index in [0.717, 1.165) is 36.8 Å². The van der Waals surface area contributed by atoms with Gasteiger partial charge in [-0.2, -0.15) is 0 Å². The third kappa shape index (κ3) is 5.69. The Bertz CT molecular complexity index is 563. The topological polar surface area (TPSA) is 58.2 Å². The highest BCUT2D eigenvalue weighted by Gasteiger charge is 2.19. The molecule has 1 aromatic carbocycles. The molecular weight excluding hydrogens is 399 g/mol. The summed E-state index contributed by atoms with van der Waals surface area (Å²) in [4.78, 5) is 0.129. The molecule has 0 aliphatic carbocycles. The second-order valence-electron chi connectivity index (χ2n) is 4.97. The Morgan fingerprint density at radius 2 is 2.19 bits per heavy atom. The Hall–Kier alpha value is 0.150. The number of halogens is 3. The summed E-state index contributed by atoms with van der Waals surface area (Å²) in [6.45, 7) is 2.48. The number of sulfonamides is 1. The SMILES string of the molecule is Cl.O=S(=O)(NCCC1CCCNC1)c1ccc(Br)cc1Cl. The smallest absolute Gasteiger partial charge is 0.242 e. The van der Waals surface area contributed by atoms with E-state index in [9.17, 15) is 8.42 Å². The zero-order chi connectivity index (χ0) is 14.6. The van der Waals surface area contributed by atoms with Crippen molar-refractivity contribution in [1.29, 1.82) is 0 Å². The maximum Gasteiger partial charge on any atom is 0.242 e. The molecular formula is C13H19BrCl2N2O2S. The lowest BCUT2D eigenvalue weighted by atomic mass is 9.96. The Morgan fingerprint density at radius 3 is 2.81 bits per heavy atom. The summed E-state index contributed by atoms with van der Waals surface area (Å²) in [5, 5.41) is 3.55. The fraction of sp³-hybridized carbons (Fsp3) is 0.538. The number of nitrogens with one attached hydrogen (secondary N) is 2. The van der Waals surface area contributed by atoms with E-state index in [0.29, 0.717) is 12.5 Å². The van der Waals surface area contributed by atoms with Crippen LogP contribution < -0.4 is 10.0 Å². The minimum absolute atomic E-state index is 0. The van der Waals surface area contributed by atoms with Gasteiger partial charge in [0.1, 0.15) is 4.90 Å². The molecule has 1 heterocycles. The molecule has 21 heavy (non-hydrogen) atoms. The first kappa shape index (κ1) is 19.2. The van der Waals surface area contributed by atoms with Crippen LogP contribution in [0.1, 0.15) is 19.3 Å². The molecule has 8 heteroatoms. The number of hydrogen-bond donors (Lipinski definition) is 2. The third-order valence-electron chi connectivity index (χ3n) is 3.43. The summed E-state index contributed by atoms with van der Waals surface area (Å²) >= 11 is 9.24. The van der Waals surface area contributed by atoms with Crippen molar-refractivity contribution in [3.05, 3.63) is 27.7 Å². The van der Waals surface area contributed by atoms with Gasteiger partial charge in [-0.25, -0.2) is 13.1 Å². The monoisotopic (exact) mass is 416 g/mol. The van der Waals surface area contributed by atoms with Crippen molar-refractivity contribution < 1.29 is 8.42 Å². The van der Waals surface area contributed by atoms with Gasteiger partial charge in [-0.1, -0.05) is 27.5 Å². The van der Waals surface area contributed by atoms with Crippen LogP contribution in [0.3, 0.4) is 0 Å². The first-order chi connectivity index (χ1) is 9.49. The van der Waals surface area contributed by atoms with Gasteiger partial charge >= 0.3 is 0 Å². The standard InChI is InChI=1S/C13H18BrClN2O2S.ClH/c14-11-3-4-13(12(15)8-11)20(18,19)17-7-5-10-2-1-6-16-9-10;/h3-4,8,10,16-17H,1-2,5-7,9H2;1H. The van der Waals surface area contributed by atoms with Crippen LogP contribution in [0.4, 0.5) is 0 Å². The van der Waals surface area contributed by atoms with Crippen LogP contribution in [0.5, 0.6) is 0 Å². The van der Waals surface area contributed by atoms with Gasteiger partial charge < -0.3 is 5.32 Å². The van der Waals surface area contributed by atoms with Gasteiger partial charge in [0, 0.05) is 11.0 Å².